The number of nitrogens with zero attached hydrogens (tertiary/aromatic N) is 4. The van der Waals surface area contributed by atoms with E-state index in [9.17, 15) is 13.6 Å². The average molecular weight is 310 g/mol. The number of hydrogen-bond acceptors (Lipinski definition) is 5. The molecular weight excluding hydrogens is 298 g/mol. The van der Waals surface area contributed by atoms with Gasteiger partial charge in [0.25, 0.3) is 0 Å². The van der Waals surface area contributed by atoms with Crippen LogP contribution in [0.2, 0.25) is 0 Å². The van der Waals surface area contributed by atoms with Gasteiger partial charge in [0.2, 0.25) is 5.16 Å². The second kappa shape index (κ2) is 5.51. The van der Waals surface area contributed by atoms with Crippen molar-refractivity contribution in [1.82, 2.24) is 20.2 Å². The van der Waals surface area contributed by atoms with Crippen LogP contribution in [0, 0.1) is 11.6 Å². The van der Waals surface area contributed by atoms with Gasteiger partial charge in [-0.3, -0.25) is 4.79 Å². The van der Waals surface area contributed by atoms with Crippen LogP contribution in [0.15, 0.2) is 23.4 Å². The van der Waals surface area contributed by atoms with Gasteiger partial charge in [0, 0.05) is 5.56 Å². The summed E-state index contributed by atoms with van der Waals surface area (Å²) in [7, 11) is 0. The van der Waals surface area contributed by atoms with Crippen LogP contribution < -0.4 is 0 Å². The molecule has 1 saturated carbocycles. The minimum atomic E-state index is -1.03. The number of thioether (sulfide) groups is 1. The van der Waals surface area contributed by atoms with E-state index in [0.717, 1.165) is 25.0 Å². The van der Waals surface area contributed by atoms with Gasteiger partial charge in [-0.05, 0) is 48.4 Å². The number of carbonyl (C=O) groups excluding carboxylic acids is 1. The summed E-state index contributed by atoms with van der Waals surface area (Å²) in [5.74, 6) is -2.28. The third-order valence-corrected chi connectivity index (χ3v) is 4.26. The maximum absolute atomic E-state index is 13.2. The van der Waals surface area contributed by atoms with Gasteiger partial charge in [0.15, 0.2) is 17.4 Å². The molecule has 1 aliphatic rings. The number of halogens is 2. The second-order valence-electron chi connectivity index (χ2n) is 4.89. The van der Waals surface area contributed by atoms with Crippen molar-refractivity contribution in [3.8, 4) is 0 Å². The second-order valence-corrected chi connectivity index (χ2v) is 6.20. The minimum Gasteiger partial charge on any atom is -0.293 e. The molecule has 1 aliphatic carbocycles. The zero-order valence-electron chi connectivity index (χ0n) is 11.2. The molecule has 1 atom stereocenters. The number of ketones is 1. The van der Waals surface area contributed by atoms with Gasteiger partial charge < -0.3 is 0 Å². The molecule has 1 heterocycles. The maximum atomic E-state index is 13.2. The number of carbonyl (C=O) groups is 1. The standard InChI is InChI=1S/C13H12F2N4OS/c1-7(12(20)8-2-5-10(14)11(15)6-8)21-13-16-17-18-19(13)9-3-4-9/h2,5-7,9H,3-4H2,1H3. The first-order valence-corrected chi connectivity index (χ1v) is 7.38. The Labute approximate surface area is 123 Å². The molecule has 1 unspecified atom stereocenters. The van der Waals surface area contributed by atoms with E-state index >= 15 is 0 Å². The summed E-state index contributed by atoms with van der Waals surface area (Å²) < 4.78 is 27.8. The first-order valence-electron chi connectivity index (χ1n) is 6.50. The highest BCUT2D eigenvalue weighted by Crippen LogP contribution is 2.37. The Morgan fingerprint density at radius 1 is 1.38 bits per heavy atom. The Morgan fingerprint density at radius 2 is 2.14 bits per heavy atom. The van der Waals surface area contributed by atoms with Gasteiger partial charge in [-0.2, -0.15) is 0 Å². The molecule has 0 bridgehead atoms. The lowest BCUT2D eigenvalue weighted by Crippen LogP contribution is -2.15. The minimum absolute atomic E-state index is 0.138. The highest BCUT2D eigenvalue weighted by molar-refractivity contribution is 8.00. The lowest BCUT2D eigenvalue weighted by Gasteiger charge is -2.10. The molecule has 3 rings (SSSR count). The summed E-state index contributed by atoms with van der Waals surface area (Å²) in [6.07, 6.45) is 2.06. The van der Waals surface area contributed by atoms with E-state index in [1.54, 1.807) is 11.6 Å². The molecule has 110 valence electrons. The molecule has 21 heavy (non-hydrogen) atoms. The fourth-order valence-corrected chi connectivity index (χ4v) is 2.84. The Hall–Kier alpha value is -1.83. The average Bonchev–Trinajstić information content (AvgIpc) is 3.21. The van der Waals surface area contributed by atoms with E-state index in [1.165, 1.54) is 17.8 Å². The van der Waals surface area contributed by atoms with Crippen LogP contribution in [-0.2, 0) is 0 Å². The van der Waals surface area contributed by atoms with Gasteiger partial charge in [-0.25, -0.2) is 13.5 Å². The fraction of sp³-hybridized carbons (Fsp3) is 0.385. The number of rotatable bonds is 5. The molecule has 1 aromatic heterocycles. The topological polar surface area (TPSA) is 60.7 Å². The van der Waals surface area contributed by atoms with Gasteiger partial charge in [-0.15, -0.1) is 5.10 Å². The van der Waals surface area contributed by atoms with Crippen LogP contribution >= 0.6 is 11.8 Å². The number of benzene rings is 1. The van der Waals surface area contributed by atoms with Gasteiger partial charge >= 0.3 is 0 Å². The number of hydrogen-bond donors (Lipinski definition) is 0. The van der Waals surface area contributed by atoms with Crippen LogP contribution in [-0.4, -0.2) is 31.2 Å². The lowest BCUT2D eigenvalue weighted by molar-refractivity contribution is 0.0993. The largest absolute Gasteiger partial charge is 0.293 e. The van der Waals surface area contributed by atoms with Crippen LogP contribution in [0.25, 0.3) is 0 Å². The summed E-state index contributed by atoms with van der Waals surface area (Å²) in [5, 5.41) is 11.5. The van der Waals surface area contributed by atoms with E-state index in [-0.39, 0.29) is 11.3 Å². The maximum Gasteiger partial charge on any atom is 0.210 e. The van der Waals surface area contributed by atoms with Crippen LogP contribution in [0.5, 0.6) is 0 Å². The number of Topliss-reactive ketones (excluding diaryl/α,β-unsaturated/α-hetero) is 1. The molecule has 1 fully saturated rings. The predicted molar refractivity (Wildman–Crippen MR) is 72.1 cm³/mol. The molecular formula is C13H12F2N4OS. The van der Waals surface area contributed by atoms with E-state index in [4.69, 9.17) is 0 Å². The smallest absolute Gasteiger partial charge is 0.210 e. The van der Waals surface area contributed by atoms with Crippen molar-refractivity contribution in [2.24, 2.45) is 0 Å². The van der Waals surface area contributed by atoms with Crippen molar-refractivity contribution < 1.29 is 13.6 Å². The first-order chi connectivity index (χ1) is 10.1. The van der Waals surface area contributed by atoms with Crippen LogP contribution in [0.4, 0.5) is 8.78 Å². The van der Waals surface area contributed by atoms with Crippen molar-refractivity contribution in [1.29, 1.82) is 0 Å². The zero-order chi connectivity index (χ0) is 15.0. The molecule has 0 spiro atoms. The fourth-order valence-electron chi connectivity index (χ4n) is 1.91. The lowest BCUT2D eigenvalue weighted by atomic mass is 10.1. The Kier molecular flexibility index (Phi) is 3.71. The number of aromatic nitrogens is 4. The van der Waals surface area contributed by atoms with Crippen LogP contribution in [0.3, 0.4) is 0 Å². The predicted octanol–water partition coefficient (Wildman–Crippen LogP) is 2.65. The summed E-state index contributed by atoms with van der Waals surface area (Å²) in [5.41, 5.74) is 0.138. The summed E-state index contributed by atoms with van der Waals surface area (Å²) >= 11 is 1.22. The monoisotopic (exact) mass is 310 g/mol. The van der Waals surface area contributed by atoms with Crippen molar-refractivity contribution in [3.63, 3.8) is 0 Å². The van der Waals surface area contributed by atoms with Gasteiger partial charge in [-0.1, -0.05) is 11.8 Å². The third-order valence-electron chi connectivity index (χ3n) is 3.21. The van der Waals surface area contributed by atoms with E-state index in [2.05, 4.69) is 15.5 Å². The zero-order valence-corrected chi connectivity index (χ0v) is 12.0. The normalized spacial score (nSPS) is 16.0. The highest BCUT2D eigenvalue weighted by Gasteiger charge is 2.29. The molecule has 1 aromatic carbocycles. The van der Waals surface area contributed by atoms with Gasteiger partial charge in [0.05, 0.1) is 11.3 Å². The van der Waals surface area contributed by atoms with Gasteiger partial charge in [0.1, 0.15) is 0 Å². The van der Waals surface area contributed by atoms with Crippen molar-refractivity contribution >= 4 is 17.5 Å². The molecule has 2 aromatic rings. The molecule has 0 N–H and O–H groups in total. The molecule has 0 saturated heterocycles. The summed E-state index contributed by atoms with van der Waals surface area (Å²) in [6, 6.07) is 3.46. The Bertz CT molecular complexity index is 687. The molecule has 0 radical (unpaired) electrons. The van der Waals surface area contributed by atoms with Crippen LogP contribution in [0.1, 0.15) is 36.2 Å². The molecule has 0 amide bonds. The summed E-state index contributed by atoms with van der Waals surface area (Å²) in [6.45, 7) is 1.69. The van der Waals surface area contributed by atoms with E-state index in [1.807, 2.05) is 0 Å². The van der Waals surface area contributed by atoms with Crippen molar-refractivity contribution in [3.05, 3.63) is 35.4 Å². The summed E-state index contributed by atoms with van der Waals surface area (Å²) in [4.78, 5) is 12.2. The quantitative estimate of drug-likeness (QED) is 0.627. The molecule has 8 heteroatoms. The van der Waals surface area contributed by atoms with E-state index in [0.29, 0.717) is 11.2 Å². The number of tetrazole rings is 1. The van der Waals surface area contributed by atoms with E-state index < -0.39 is 16.9 Å². The SMILES string of the molecule is CC(Sc1nnnn1C1CC1)C(=O)c1ccc(F)c(F)c1. The Morgan fingerprint density at radius 3 is 2.81 bits per heavy atom. The first kappa shape index (κ1) is 14.1. The third kappa shape index (κ3) is 2.94. The van der Waals surface area contributed by atoms with Crippen molar-refractivity contribution in [2.75, 3.05) is 0 Å². The van der Waals surface area contributed by atoms with Crippen molar-refractivity contribution in [2.45, 2.75) is 36.2 Å². The highest BCUT2D eigenvalue weighted by atomic mass is 32.2. The molecule has 0 aliphatic heterocycles. The Balaban J connectivity index is 1.74. The molecule has 5 nitrogen and oxygen atoms in total.